The van der Waals surface area contributed by atoms with Crippen LogP contribution in [0.15, 0.2) is 29.1 Å². The molecule has 0 fully saturated rings. The molecule has 0 aliphatic rings. The summed E-state index contributed by atoms with van der Waals surface area (Å²) >= 11 is 2.05. The molecule has 3 aromatic rings. The fourth-order valence-corrected chi connectivity index (χ4v) is 3.12. The first kappa shape index (κ1) is 14.2. The van der Waals surface area contributed by atoms with Crippen LogP contribution in [0.3, 0.4) is 0 Å². The lowest BCUT2D eigenvalue weighted by Crippen LogP contribution is -2.19. The number of aromatic nitrogens is 4. The van der Waals surface area contributed by atoms with Gasteiger partial charge in [0.25, 0.3) is 5.56 Å². The Labute approximate surface area is 135 Å². The zero-order valence-electron chi connectivity index (χ0n) is 11.8. The Morgan fingerprint density at radius 1 is 1.14 bits per heavy atom. The van der Waals surface area contributed by atoms with Crippen molar-refractivity contribution in [2.75, 3.05) is 0 Å². The molecule has 0 amide bonds. The van der Waals surface area contributed by atoms with Crippen LogP contribution in [0.2, 0.25) is 0 Å². The number of benzene rings is 1. The fourth-order valence-electron chi connectivity index (χ4n) is 2.24. The molecule has 0 radical (unpaired) electrons. The minimum atomic E-state index is -0.0830. The molecule has 0 bridgehead atoms. The van der Waals surface area contributed by atoms with E-state index in [2.05, 4.69) is 19.9 Å². The standard InChI is InChI=1S/C15H15IN4O/c1-8(2)14-13(16)15(21)20-12(19-14)7-11-17-9-5-3-4-6-10(9)18-11/h3-6,8H,7H2,1-2H3,(H,17,18)(H,19,20,21). The van der Waals surface area contributed by atoms with E-state index in [4.69, 9.17) is 0 Å². The van der Waals surface area contributed by atoms with Crippen molar-refractivity contribution in [1.82, 2.24) is 19.9 Å². The van der Waals surface area contributed by atoms with Crippen molar-refractivity contribution in [2.45, 2.75) is 26.2 Å². The van der Waals surface area contributed by atoms with Gasteiger partial charge in [0.1, 0.15) is 11.6 Å². The number of hydrogen-bond acceptors (Lipinski definition) is 3. The van der Waals surface area contributed by atoms with E-state index in [0.29, 0.717) is 15.8 Å². The van der Waals surface area contributed by atoms with Crippen LogP contribution in [-0.4, -0.2) is 19.9 Å². The molecule has 2 heterocycles. The lowest BCUT2D eigenvalue weighted by molar-refractivity contribution is 0.769. The summed E-state index contributed by atoms with van der Waals surface area (Å²) in [5.41, 5.74) is 2.67. The van der Waals surface area contributed by atoms with E-state index in [1.54, 1.807) is 0 Å². The maximum absolute atomic E-state index is 12.0. The van der Waals surface area contributed by atoms with Gasteiger partial charge in [0.2, 0.25) is 0 Å². The average molecular weight is 394 g/mol. The molecule has 0 unspecified atom stereocenters. The van der Waals surface area contributed by atoms with Gasteiger partial charge in [-0.05, 0) is 40.6 Å². The molecule has 0 saturated heterocycles. The van der Waals surface area contributed by atoms with Gasteiger partial charge in [-0.2, -0.15) is 0 Å². The molecule has 21 heavy (non-hydrogen) atoms. The minimum absolute atomic E-state index is 0.0830. The highest BCUT2D eigenvalue weighted by Crippen LogP contribution is 2.17. The monoisotopic (exact) mass is 394 g/mol. The molecule has 0 aliphatic carbocycles. The summed E-state index contributed by atoms with van der Waals surface area (Å²) in [6, 6.07) is 7.86. The topological polar surface area (TPSA) is 74.4 Å². The van der Waals surface area contributed by atoms with Crippen LogP contribution >= 0.6 is 22.6 Å². The number of aromatic amines is 2. The fraction of sp³-hybridized carbons (Fsp3) is 0.267. The molecule has 2 aromatic heterocycles. The first-order valence-corrected chi connectivity index (χ1v) is 7.84. The molecule has 1 aromatic carbocycles. The third kappa shape index (κ3) is 2.85. The van der Waals surface area contributed by atoms with Crippen LogP contribution in [0, 0.1) is 3.57 Å². The molecular weight excluding hydrogens is 379 g/mol. The Bertz CT molecular complexity index is 817. The summed E-state index contributed by atoms with van der Waals surface area (Å²) in [6.07, 6.45) is 0.487. The highest BCUT2D eigenvalue weighted by Gasteiger charge is 2.13. The van der Waals surface area contributed by atoms with Gasteiger partial charge in [-0.1, -0.05) is 26.0 Å². The van der Waals surface area contributed by atoms with Gasteiger partial charge in [-0.3, -0.25) is 4.79 Å². The smallest absolute Gasteiger partial charge is 0.264 e. The summed E-state index contributed by atoms with van der Waals surface area (Å²) in [4.78, 5) is 27.2. The predicted molar refractivity (Wildman–Crippen MR) is 90.6 cm³/mol. The summed E-state index contributed by atoms with van der Waals surface area (Å²) < 4.78 is 0.663. The average Bonchev–Trinajstić information content (AvgIpc) is 2.84. The summed E-state index contributed by atoms with van der Waals surface area (Å²) in [5.74, 6) is 1.66. The van der Waals surface area contributed by atoms with Crippen LogP contribution in [0.4, 0.5) is 0 Å². The third-order valence-corrected chi connectivity index (χ3v) is 4.30. The van der Waals surface area contributed by atoms with Gasteiger partial charge in [-0.15, -0.1) is 0 Å². The highest BCUT2D eigenvalue weighted by atomic mass is 127. The zero-order chi connectivity index (χ0) is 15.0. The van der Waals surface area contributed by atoms with Crippen LogP contribution in [0.1, 0.15) is 37.1 Å². The number of fused-ring (bicyclic) bond motifs is 1. The van der Waals surface area contributed by atoms with Crippen LogP contribution in [0.5, 0.6) is 0 Å². The largest absolute Gasteiger partial charge is 0.342 e. The van der Waals surface area contributed by atoms with Crippen molar-refractivity contribution in [2.24, 2.45) is 0 Å². The van der Waals surface area contributed by atoms with Crippen molar-refractivity contribution >= 4 is 33.6 Å². The Morgan fingerprint density at radius 3 is 2.57 bits per heavy atom. The Hall–Kier alpha value is -1.70. The quantitative estimate of drug-likeness (QED) is 0.671. The molecule has 0 atom stereocenters. The molecule has 0 aliphatic heterocycles. The van der Waals surface area contributed by atoms with Gasteiger partial charge in [0, 0.05) is 0 Å². The van der Waals surface area contributed by atoms with Crippen molar-refractivity contribution in [3.63, 3.8) is 0 Å². The van der Waals surface area contributed by atoms with E-state index < -0.39 is 0 Å². The molecule has 3 rings (SSSR count). The van der Waals surface area contributed by atoms with Crippen LogP contribution in [-0.2, 0) is 6.42 Å². The van der Waals surface area contributed by atoms with Gasteiger partial charge >= 0.3 is 0 Å². The molecule has 0 saturated carbocycles. The van der Waals surface area contributed by atoms with Gasteiger partial charge < -0.3 is 9.97 Å². The number of nitrogens with one attached hydrogen (secondary N) is 2. The number of nitrogens with zero attached hydrogens (tertiary/aromatic N) is 2. The second kappa shape index (κ2) is 5.59. The lowest BCUT2D eigenvalue weighted by Gasteiger charge is -2.08. The Morgan fingerprint density at radius 2 is 1.86 bits per heavy atom. The Kier molecular flexibility index (Phi) is 3.79. The van der Waals surface area contributed by atoms with Crippen LogP contribution in [0.25, 0.3) is 11.0 Å². The normalized spacial score (nSPS) is 11.4. The van der Waals surface area contributed by atoms with E-state index in [9.17, 15) is 4.79 Å². The molecule has 0 spiro atoms. The first-order chi connectivity index (χ1) is 10.0. The maximum atomic E-state index is 12.0. The number of halogens is 1. The Balaban J connectivity index is 1.99. The van der Waals surface area contributed by atoms with E-state index in [0.717, 1.165) is 22.6 Å². The van der Waals surface area contributed by atoms with Gasteiger partial charge in [-0.25, -0.2) is 9.97 Å². The van der Waals surface area contributed by atoms with Crippen molar-refractivity contribution in [1.29, 1.82) is 0 Å². The third-order valence-electron chi connectivity index (χ3n) is 3.26. The minimum Gasteiger partial charge on any atom is -0.342 e. The second-order valence-corrected chi connectivity index (χ2v) is 6.32. The summed E-state index contributed by atoms with van der Waals surface area (Å²) in [5, 5.41) is 0. The van der Waals surface area contributed by atoms with E-state index >= 15 is 0 Å². The number of rotatable bonds is 3. The van der Waals surface area contributed by atoms with E-state index in [1.807, 2.05) is 60.7 Å². The first-order valence-electron chi connectivity index (χ1n) is 6.77. The molecule has 2 N–H and O–H groups in total. The maximum Gasteiger partial charge on any atom is 0.264 e. The second-order valence-electron chi connectivity index (χ2n) is 5.24. The molecule has 5 nitrogen and oxygen atoms in total. The van der Waals surface area contributed by atoms with Gasteiger partial charge in [0.05, 0.1) is 26.7 Å². The van der Waals surface area contributed by atoms with E-state index in [-0.39, 0.29) is 11.5 Å². The lowest BCUT2D eigenvalue weighted by atomic mass is 10.1. The van der Waals surface area contributed by atoms with Crippen LogP contribution < -0.4 is 5.56 Å². The van der Waals surface area contributed by atoms with Gasteiger partial charge in [0.15, 0.2) is 0 Å². The highest BCUT2D eigenvalue weighted by molar-refractivity contribution is 14.1. The number of H-pyrrole nitrogens is 2. The number of imidazole rings is 1. The SMILES string of the molecule is CC(C)c1nc(Cc2nc3ccccc3[nH]2)[nH]c(=O)c1I. The number of hydrogen-bond donors (Lipinski definition) is 2. The molecular formula is C15H15IN4O. The summed E-state index contributed by atoms with van der Waals surface area (Å²) in [6.45, 7) is 4.07. The molecule has 108 valence electrons. The van der Waals surface area contributed by atoms with Crippen molar-refractivity contribution in [3.05, 3.63) is 55.5 Å². The number of para-hydroxylation sites is 2. The molecule has 6 heteroatoms. The van der Waals surface area contributed by atoms with E-state index in [1.165, 1.54) is 0 Å². The zero-order valence-corrected chi connectivity index (χ0v) is 13.9. The predicted octanol–water partition coefficient (Wildman–Crippen LogP) is 2.97. The summed E-state index contributed by atoms with van der Waals surface area (Å²) in [7, 11) is 0. The van der Waals surface area contributed by atoms with Crippen molar-refractivity contribution < 1.29 is 0 Å². The van der Waals surface area contributed by atoms with Crippen molar-refractivity contribution in [3.8, 4) is 0 Å².